The van der Waals surface area contributed by atoms with Crippen molar-refractivity contribution in [3.63, 3.8) is 0 Å². The fourth-order valence-electron chi connectivity index (χ4n) is 0.507. The Morgan fingerprint density at radius 2 is 1.75 bits per heavy atom. The first-order valence-electron chi connectivity index (χ1n) is 3.07. The number of hydrogen-bond donors (Lipinski definition) is 4. The molecule has 0 unspecified atom stereocenters. The Labute approximate surface area is 75.4 Å². The molecule has 1 aromatic rings. The van der Waals surface area contributed by atoms with Crippen LogP contribution in [0.15, 0.2) is 24.3 Å². The fraction of sp³-hybridized carbons (Fsp3) is 0. The molecule has 0 aliphatic heterocycles. The minimum absolute atomic E-state index is 0.685. The lowest BCUT2D eigenvalue weighted by atomic mass is 10.3. The SMILES string of the molecule is Nc1cccc(Cl)c1.OB(O)O. The van der Waals surface area contributed by atoms with E-state index in [0.717, 1.165) is 0 Å². The second-order valence-corrected chi connectivity index (χ2v) is 2.34. The fourth-order valence-corrected chi connectivity index (χ4v) is 0.705. The van der Waals surface area contributed by atoms with Crippen LogP contribution in [-0.4, -0.2) is 22.4 Å². The van der Waals surface area contributed by atoms with Crippen molar-refractivity contribution in [2.75, 3.05) is 5.73 Å². The standard InChI is InChI=1S/C6H6ClN.BH3O3/c7-5-2-1-3-6(8)4-5;2-1(3)4/h1-4H,8H2;2-4H. The average Bonchev–Trinajstić information content (AvgIpc) is 1.84. The van der Waals surface area contributed by atoms with Gasteiger partial charge in [-0.3, -0.25) is 0 Å². The number of anilines is 1. The van der Waals surface area contributed by atoms with Crippen molar-refractivity contribution in [2.24, 2.45) is 0 Å². The van der Waals surface area contributed by atoms with Gasteiger partial charge >= 0.3 is 7.32 Å². The Balaban J connectivity index is 0.000000261. The van der Waals surface area contributed by atoms with Crippen LogP contribution in [0.5, 0.6) is 0 Å². The van der Waals surface area contributed by atoms with Gasteiger partial charge < -0.3 is 20.8 Å². The Hall–Kier alpha value is -0.745. The van der Waals surface area contributed by atoms with E-state index in [1.165, 1.54) is 0 Å². The van der Waals surface area contributed by atoms with Crippen LogP contribution in [0.3, 0.4) is 0 Å². The van der Waals surface area contributed by atoms with Gasteiger partial charge in [-0.05, 0) is 18.2 Å². The van der Waals surface area contributed by atoms with Crippen molar-refractivity contribution in [1.82, 2.24) is 0 Å². The molecule has 5 N–H and O–H groups in total. The van der Waals surface area contributed by atoms with E-state index >= 15 is 0 Å². The molecule has 0 bridgehead atoms. The summed E-state index contributed by atoms with van der Waals surface area (Å²) >= 11 is 5.56. The van der Waals surface area contributed by atoms with Crippen LogP contribution >= 0.6 is 11.6 Å². The third-order valence-electron chi connectivity index (χ3n) is 0.849. The monoisotopic (exact) mass is 189 g/mol. The first kappa shape index (κ1) is 11.3. The molecule has 66 valence electrons. The van der Waals surface area contributed by atoms with Crippen molar-refractivity contribution in [3.05, 3.63) is 29.3 Å². The Morgan fingerprint density at radius 3 is 2.00 bits per heavy atom. The number of halogens is 1. The van der Waals surface area contributed by atoms with Crippen LogP contribution in [-0.2, 0) is 0 Å². The number of nitrogen functional groups attached to an aromatic ring is 1. The van der Waals surface area contributed by atoms with Crippen LogP contribution in [0.2, 0.25) is 5.02 Å². The molecule has 0 aromatic heterocycles. The molecule has 0 fully saturated rings. The topological polar surface area (TPSA) is 86.7 Å². The molecule has 0 saturated carbocycles. The quantitative estimate of drug-likeness (QED) is 0.338. The molecule has 1 rings (SSSR count). The van der Waals surface area contributed by atoms with E-state index in [0.29, 0.717) is 10.7 Å². The molecule has 0 radical (unpaired) electrons. The molecule has 0 aliphatic rings. The van der Waals surface area contributed by atoms with Crippen molar-refractivity contribution in [1.29, 1.82) is 0 Å². The third-order valence-corrected chi connectivity index (χ3v) is 1.08. The molecule has 12 heavy (non-hydrogen) atoms. The summed E-state index contributed by atoms with van der Waals surface area (Å²) in [5, 5.41) is 22.2. The molecule has 1 aromatic carbocycles. The van der Waals surface area contributed by atoms with Crippen LogP contribution in [0, 0.1) is 0 Å². The molecule has 0 spiro atoms. The summed E-state index contributed by atoms with van der Waals surface area (Å²) < 4.78 is 0. The molecular formula is C6H9BClNO3. The van der Waals surface area contributed by atoms with E-state index in [2.05, 4.69) is 0 Å². The average molecular weight is 189 g/mol. The van der Waals surface area contributed by atoms with Crippen LogP contribution in [0.1, 0.15) is 0 Å². The van der Waals surface area contributed by atoms with E-state index in [-0.39, 0.29) is 0 Å². The second-order valence-electron chi connectivity index (χ2n) is 1.90. The first-order chi connectivity index (χ1) is 5.52. The van der Waals surface area contributed by atoms with Gasteiger partial charge in [0.2, 0.25) is 0 Å². The highest BCUT2D eigenvalue weighted by molar-refractivity contribution is 6.31. The molecule has 4 nitrogen and oxygen atoms in total. The van der Waals surface area contributed by atoms with Gasteiger partial charge in [-0.25, -0.2) is 0 Å². The lowest BCUT2D eigenvalue weighted by Crippen LogP contribution is -2.07. The van der Waals surface area contributed by atoms with E-state index in [4.69, 9.17) is 32.4 Å². The van der Waals surface area contributed by atoms with Crippen molar-refractivity contribution < 1.29 is 15.1 Å². The van der Waals surface area contributed by atoms with Crippen LogP contribution < -0.4 is 5.73 Å². The Bertz CT molecular complexity index is 214. The summed E-state index contributed by atoms with van der Waals surface area (Å²) in [5.74, 6) is 0. The van der Waals surface area contributed by atoms with E-state index in [9.17, 15) is 0 Å². The summed E-state index contributed by atoms with van der Waals surface area (Å²) in [4.78, 5) is 0. The molecule has 0 saturated heterocycles. The minimum atomic E-state index is -2.17. The van der Waals surface area contributed by atoms with Crippen LogP contribution in [0.4, 0.5) is 5.69 Å². The van der Waals surface area contributed by atoms with Gasteiger partial charge in [-0.2, -0.15) is 0 Å². The number of nitrogens with two attached hydrogens (primary N) is 1. The lowest BCUT2D eigenvalue weighted by molar-refractivity contribution is 0.278. The smallest absolute Gasteiger partial charge is 0.402 e. The van der Waals surface area contributed by atoms with Gasteiger partial charge in [-0.15, -0.1) is 0 Å². The second kappa shape index (κ2) is 5.85. The largest absolute Gasteiger partial charge is 0.631 e. The lowest BCUT2D eigenvalue weighted by Gasteiger charge is -1.89. The normalized spacial score (nSPS) is 8.33. The van der Waals surface area contributed by atoms with E-state index in [1.807, 2.05) is 6.07 Å². The van der Waals surface area contributed by atoms with Gasteiger partial charge in [0.1, 0.15) is 0 Å². The van der Waals surface area contributed by atoms with Crippen molar-refractivity contribution >= 4 is 24.6 Å². The predicted molar refractivity (Wildman–Crippen MR) is 48.3 cm³/mol. The highest BCUT2D eigenvalue weighted by Gasteiger charge is 1.92. The Morgan fingerprint density at radius 1 is 1.25 bits per heavy atom. The summed E-state index contributed by atoms with van der Waals surface area (Å²) in [6, 6.07) is 7.11. The van der Waals surface area contributed by atoms with Gasteiger partial charge in [0, 0.05) is 10.7 Å². The van der Waals surface area contributed by atoms with Gasteiger partial charge in [0.25, 0.3) is 0 Å². The predicted octanol–water partition coefficient (Wildman–Crippen LogP) is -0.130. The Kier molecular flexibility index (Phi) is 5.49. The molecule has 0 aliphatic carbocycles. The molecule has 6 heteroatoms. The molecule has 0 amide bonds. The van der Waals surface area contributed by atoms with Gasteiger partial charge in [0.05, 0.1) is 0 Å². The molecule has 0 atom stereocenters. The number of hydrogen-bond acceptors (Lipinski definition) is 4. The van der Waals surface area contributed by atoms with E-state index in [1.54, 1.807) is 18.2 Å². The maximum Gasteiger partial charge on any atom is 0.631 e. The number of rotatable bonds is 0. The highest BCUT2D eigenvalue weighted by atomic mass is 35.5. The minimum Gasteiger partial charge on any atom is -0.402 e. The summed E-state index contributed by atoms with van der Waals surface area (Å²) in [6.45, 7) is 0. The maximum absolute atomic E-state index is 7.17. The van der Waals surface area contributed by atoms with Crippen molar-refractivity contribution in [3.8, 4) is 0 Å². The third kappa shape index (κ3) is 7.36. The summed E-state index contributed by atoms with van der Waals surface area (Å²) in [6.07, 6.45) is 0. The summed E-state index contributed by atoms with van der Waals surface area (Å²) in [7, 11) is -2.17. The maximum atomic E-state index is 7.17. The van der Waals surface area contributed by atoms with Crippen molar-refractivity contribution in [2.45, 2.75) is 0 Å². The first-order valence-corrected chi connectivity index (χ1v) is 3.45. The van der Waals surface area contributed by atoms with Crippen LogP contribution in [0.25, 0.3) is 0 Å². The zero-order valence-corrected chi connectivity index (χ0v) is 6.94. The zero-order chi connectivity index (χ0) is 9.56. The highest BCUT2D eigenvalue weighted by Crippen LogP contribution is 2.10. The molecular weight excluding hydrogens is 180 g/mol. The van der Waals surface area contributed by atoms with E-state index < -0.39 is 7.32 Å². The number of benzene rings is 1. The van der Waals surface area contributed by atoms with Gasteiger partial charge in [-0.1, -0.05) is 17.7 Å². The summed E-state index contributed by atoms with van der Waals surface area (Å²) in [5.41, 5.74) is 6.08. The zero-order valence-electron chi connectivity index (χ0n) is 6.18. The molecule has 0 heterocycles. The van der Waals surface area contributed by atoms with Gasteiger partial charge in [0.15, 0.2) is 0 Å².